The smallest absolute Gasteiger partial charge is 0.150 e. The summed E-state index contributed by atoms with van der Waals surface area (Å²) in [6.45, 7) is 2.64. The Labute approximate surface area is 110 Å². The molecule has 5 heteroatoms. The number of ketones is 1. The van der Waals surface area contributed by atoms with Crippen LogP contribution in [0.1, 0.15) is 45.4 Å². The topological polar surface area (TPSA) is 77.2 Å². The zero-order valence-electron chi connectivity index (χ0n) is 11.4. The Hall–Kier alpha value is -0.420. The number of sulfone groups is 1. The molecule has 1 rings (SSSR count). The maximum Gasteiger partial charge on any atom is 0.150 e. The lowest BCUT2D eigenvalue weighted by Crippen LogP contribution is -2.31. The predicted molar refractivity (Wildman–Crippen MR) is 73.0 cm³/mol. The highest BCUT2D eigenvalue weighted by atomic mass is 32.2. The molecule has 2 N–H and O–H groups in total. The number of hydrogen-bond donors (Lipinski definition) is 1. The van der Waals surface area contributed by atoms with E-state index in [0.717, 1.165) is 19.3 Å². The van der Waals surface area contributed by atoms with Gasteiger partial charge in [-0.1, -0.05) is 13.3 Å². The van der Waals surface area contributed by atoms with E-state index in [1.165, 1.54) is 6.26 Å². The van der Waals surface area contributed by atoms with Gasteiger partial charge in [-0.2, -0.15) is 0 Å². The van der Waals surface area contributed by atoms with Crippen molar-refractivity contribution in [2.24, 2.45) is 17.6 Å². The fourth-order valence-electron chi connectivity index (χ4n) is 2.54. The maximum atomic E-state index is 12.1. The molecule has 1 saturated carbocycles. The Kier molecular flexibility index (Phi) is 5.79. The van der Waals surface area contributed by atoms with Crippen molar-refractivity contribution in [1.29, 1.82) is 0 Å². The van der Waals surface area contributed by atoms with Crippen LogP contribution < -0.4 is 5.73 Å². The first-order chi connectivity index (χ1) is 8.34. The molecule has 0 bridgehead atoms. The fraction of sp³-hybridized carbons (Fsp3) is 0.923. The lowest BCUT2D eigenvalue weighted by Gasteiger charge is -2.27. The van der Waals surface area contributed by atoms with Crippen LogP contribution in [0.25, 0.3) is 0 Å². The Morgan fingerprint density at radius 1 is 1.39 bits per heavy atom. The van der Waals surface area contributed by atoms with E-state index >= 15 is 0 Å². The Morgan fingerprint density at radius 3 is 2.61 bits per heavy atom. The summed E-state index contributed by atoms with van der Waals surface area (Å²) in [5, 5.41) is -0.313. The first-order valence-corrected chi connectivity index (χ1v) is 8.71. The van der Waals surface area contributed by atoms with Crippen molar-refractivity contribution in [1.82, 2.24) is 0 Å². The molecule has 0 aromatic carbocycles. The van der Waals surface area contributed by atoms with E-state index in [0.29, 0.717) is 31.7 Å². The van der Waals surface area contributed by atoms with Crippen molar-refractivity contribution in [3.8, 4) is 0 Å². The van der Waals surface area contributed by atoms with Gasteiger partial charge in [0.25, 0.3) is 0 Å². The number of Topliss-reactive ketones (excluding diaryl/α,β-unsaturated/α-hetero) is 1. The van der Waals surface area contributed by atoms with Crippen LogP contribution in [0, 0.1) is 11.8 Å². The number of hydrogen-bond acceptors (Lipinski definition) is 4. The largest absolute Gasteiger partial charge is 0.330 e. The monoisotopic (exact) mass is 275 g/mol. The molecule has 0 aromatic heterocycles. The molecule has 3 atom stereocenters. The van der Waals surface area contributed by atoms with Gasteiger partial charge in [0.1, 0.15) is 15.6 Å². The molecule has 1 aliphatic rings. The molecule has 0 saturated heterocycles. The van der Waals surface area contributed by atoms with Gasteiger partial charge in [0.05, 0.1) is 5.25 Å². The van der Waals surface area contributed by atoms with Gasteiger partial charge >= 0.3 is 0 Å². The number of nitrogens with two attached hydrogens (primary N) is 1. The van der Waals surface area contributed by atoms with Crippen molar-refractivity contribution < 1.29 is 13.2 Å². The minimum Gasteiger partial charge on any atom is -0.330 e. The molecule has 106 valence electrons. The summed E-state index contributed by atoms with van der Waals surface area (Å²) in [7, 11) is -3.00. The average molecular weight is 275 g/mol. The van der Waals surface area contributed by atoms with E-state index in [1.807, 2.05) is 6.92 Å². The Morgan fingerprint density at radius 2 is 2.06 bits per heavy atom. The lowest BCUT2D eigenvalue weighted by atomic mass is 9.83. The average Bonchev–Trinajstić information content (AvgIpc) is 2.34. The zero-order valence-corrected chi connectivity index (χ0v) is 12.2. The van der Waals surface area contributed by atoms with Gasteiger partial charge in [-0.3, -0.25) is 4.79 Å². The third-order valence-electron chi connectivity index (χ3n) is 3.97. The van der Waals surface area contributed by atoms with Crippen LogP contribution in [0.4, 0.5) is 0 Å². The summed E-state index contributed by atoms with van der Waals surface area (Å²) in [6.07, 6.45) is 5.56. The molecular weight excluding hydrogens is 250 g/mol. The van der Waals surface area contributed by atoms with E-state index < -0.39 is 9.84 Å². The van der Waals surface area contributed by atoms with Crippen molar-refractivity contribution in [2.75, 3.05) is 12.8 Å². The third-order valence-corrected chi connectivity index (χ3v) is 5.61. The van der Waals surface area contributed by atoms with E-state index in [2.05, 4.69) is 0 Å². The minimum absolute atomic E-state index is 0.0524. The first kappa shape index (κ1) is 15.6. The summed E-state index contributed by atoms with van der Waals surface area (Å²) in [5.74, 6) is 0.537. The quantitative estimate of drug-likeness (QED) is 0.797. The van der Waals surface area contributed by atoms with E-state index in [4.69, 9.17) is 5.73 Å². The molecule has 0 aliphatic heterocycles. The summed E-state index contributed by atoms with van der Waals surface area (Å²) in [4.78, 5) is 12.1. The molecule has 0 amide bonds. The predicted octanol–water partition coefficient (Wildman–Crippen LogP) is 1.53. The van der Waals surface area contributed by atoms with Gasteiger partial charge in [-0.05, 0) is 38.1 Å². The lowest BCUT2D eigenvalue weighted by molar-refractivity contribution is -0.124. The van der Waals surface area contributed by atoms with Crippen LogP contribution in [0.15, 0.2) is 0 Å². The van der Waals surface area contributed by atoms with Gasteiger partial charge in [0.15, 0.2) is 0 Å². The van der Waals surface area contributed by atoms with Gasteiger partial charge in [-0.25, -0.2) is 8.42 Å². The molecule has 1 aliphatic carbocycles. The van der Waals surface area contributed by atoms with Gasteiger partial charge < -0.3 is 5.73 Å². The molecule has 0 heterocycles. The van der Waals surface area contributed by atoms with Gasteiger partial charge in [0, 0.05) is 18.6 Å². The van der Waals surface area contributed by atoms with Crippen LogP contribution in [0.3, 0.4) is 0 Å². The molecule has 0 aromatic rings. The van der Waals surface area contributed by atoms with Gasteiger partial charge in [0.2, 0.25) is 0 Å². The molecule has 1 fully saturated rings. The minimum atomic E-state index is -3.00. The number of carbonyl (C=O) groups excluding carboxylic acids is 1. The molecule has 18 heavy (non-hydrogen) atoms. The standard InChI is InChI=1S/C13H25NO3S/c1-10(9-14)6-7-13(15)11-4-3-5-12(8-11)18(2,16)17/h10-12H,3-9,14H2,1-2H3. The first-order valence-electron chi connectivity index (χ1n) is 6.76. The van der Waals surface area contributed by atoms with Crippen LogP contribution in [-0.2, 0) is 14.6 Å². The molecular formula is C13H25NO3S. The second-order valence-corrected chi connectivity index (χ2v) is 7.99. The van der Waals surface area contributed by atoms with E-state index in [1.54, 1.807) is 0 Å². The normalized spacial score (nSPS) is 26.8. The summed E-state index contributed by atoms with van der Waals surface area (Å²) in [6, 6.07) is 0. The summed E-state index contributed by atoms with van der Waals surface area (Å²) in [5.41, 5.74) is 5.53. The SMILES string of the molecule is CC(CN)CCC(=O)C1CCCC(S(C)(=O)=O)C1. The van der Waals surface area contributed by atoms with Crippen molar-refractivity contribution in [2.45, 2.75) is 50.7 Å². The van der Waals surface area contributed by atoms with Crippen LogP contribution in [0.5, 0.6) is 0 Å². The second kappa shape index (κ2) is 6.66. The highest BCUT2D eigenvalue weighted by molar-refractivity contribution is 7.91. The van der Waals surface area contributed by atoms with Crippen LogP contribution in [0.2, 0.25) is 0 Å². The van der Waals surface area contributed by atoms with Crippen molar-refractivity contribution >= 4 is 15.6 Å². The molecule has 0 radical (unpaired) electrons. The van der Waals surface area contributed by atoms with Gasteiger partial charge in [-0.15, -0.1) is 0 Å². The van der Waals surface area contributed by atoms with Crippen LogP contribution in [-0.4, -0.2) is 32.3 Å². The van der Waals surface area contributed by atoms with E-state index in [-0.39, 0.29) is 17.0 Å². The van der Waals surface area contributed by atoms with Crippen molar-refractivity contribution in [3.05, 3.63) is 0 Å². The Balaban J connectivity index is 2.49. The number of carbonyl (C=O) groups is 1. The summed E-state index contributed by atoms with van der Waals surface area (Å²) < 4.78 is 23.1. The number of rotatable bonds is 6. The fourth-order valence-corrected chi connectivity index (χ4v) is 3.71. The van der Waals surface area contributed by atoms with Crippen molar-refractivity contribution in [3.63, 3.8) is 0 Å². The highest BCUT2D eigenvalue weighted by Crippen LogP contribution is 2.30. The third kappa shape index (κ3) is 4.69. The van der Waals surface area contributed by atoms with E-state index in [9.17, 15) is 13.2 Å². The highest BCUT2D eigenvalue weighted by Gasteiger charge is 2.32. The molecule has 0 spiro atoms. The second-order valence-electron chi connectivity index (χ2n) is 5.66. The van der Waals surface area contributed by atoms with Crippen LogP contribution >= 0.6 is 0 Å². The summed E-state index contributed by atoms with van der Waals surface area (Å²) >= 11 is 0. The molecule has 4 nitrogen and oxygen atoms in total. The Bertz CT molecular complexity index is 378. The maximum absolute atomic E-state index is 12.1. The zero-order chi connectivity index (χ0) is 13.8. The molecule has 3 unspecified atom stereocenters.